The highest BCUT2D eigenvalue weighted by Gasteiger charge is 2.10. The first-order valence-corrected chi connectivity index (χ1v) is 9.80. The fraction of sp³-hybridized carbons (Fsp3) is 0.120. The molecule has 1 N–H and O–H groups in total. The van der Waals surface area contributed by atoms with Crippen LogP contribution in [0.3, 0.4) is 0 Å². The SMILES string of the molecule is O=C(NCCc1nc2ccccc2n1C/C=C/c1ccccc1)c1ccccc1. The van der Waals surface area contributed by atoms with E-state index in [0.29, 0.717) is 18.5 Å². The number of nitrogens with zero attached hydrogens (tertiary/aromatic N) is 2. The second-order valence-electron chi connectivity index (χ2n) is 6.81. The lowest BCUT2D eigenvalue weighted by atomic mass is 10.2. The van der Waals surface area contributed by atoms with Crippen molar-refractivity contribution in [1.29, 1.82) is 0 Å². The number of aromatic nitrogens is 2. The van der Waals surface area contributed by atoms with Gasteiger partial charge in [-0.05, 0) is 29.8 Å². The first-order valence-electron chi connectivity index (χ1n) is 9.80. The average Bonchev–Trinajstić information content (AvgIpc) is 3.12. The largest absolute Gasteiger partial charge is 0.352 e. The Morgan fingerprint density at radius 2 is 1.59 bits per heavy atom. The molecule has 29 heavy (non-hydrogen) atoms. The van der Waals surface area contributed by atoms with Crippen LogP contribution in [0, 0.1) is 0 Å². The zero-order chi connectivity index (χ0) is 19.9. The van der Waals surface area contributed by atoms with E-state index in [1.165, 1.54) is 5.56 Å². The van der Waals surface area contributed by atoms with Crippen molar-refractivity contribution in [2.24, 2.45) is 0 Å². The standard InChI is InChI=1S/C25H23N3O/c29-25(21-13-5-2-6-14-21)26-18-17-24-27-22-15-7-8-16-23(22)28(24)19-9-12-20-10-3-1-4-11-20/h1-16H,17-19H2,(H,26,29)/b12-9+. The lowest BCUT2D eigenvalue weighted by Gasteiger charge is -2.08. The summed E-state index contributed by atoms with van der Waals surface area (Å²) in [6.45, 7) is 1.27. The summed E-state index contributed by atoms with van der Waals surface area (Å²) in [6.07, 6.45) is 4.94. The van der Waals surface area contributed by atoms with Crippen molar-refractivity contribution >= 4 is 23.0 Å². The minimum Gasteiger partial charge on any atom is -0.352 e. The zero-order valence-electron chi connectivity index (χ0n) is 16.2. The van der Waals surface area contributed by atoms with Crippen LogP contribution in [0.1, 0.15) is 21.7 Å². The Hall–Kier alpha value is -3.66. The van der Waals surface area contributed by atoms with Crippen LogP contribution in [0.5, 0.6) is 0 Å². The maximum Gasteiger partial charge on any atom is 0.251 e. The van der Waals surface area contributed by atoms with Gasteiger partial charge in [0, 0.05) is 25.1 Å². The molecular weight excluding hydrogens is 358 g/mol. The molecule has 0 aliphatic heterocycles. The molecule has 0 unspecified atom stereocenters. The molecule has 0 bridgehead atoms. The summed E-state index contributed by atoms with van der Waals surface area (Å²) in [5.74, 6) is 0.912. The van der Waals surface area contributed by atoms with Gasteiger partial charge in [-0.25, -0.2) is 4.98 Å². The van der Waals surface area contributed by atoms with Crippen molar-refractivity contribution in [3.8, 4) is 0 Å². The quantitative estimate of drug-likeness (QED) is 0.503. The minimum absolute atomic E-state index is 0.0581. The van der Waals surface area contributed by atoms with E-state index in [2.05, 4.69) is 40.2 Å². The highest BCUT2D eigenvalue weighted by molar-refractivity contribution is 5.94. The van der Waals surface area contributed by atoms with E-state index in [1.807, 2.05) is 66.7 Å². The fourth-order valence-electron chi connectivity index (χ4n) is 3.36. The molecule has 4 aromatic rings. The summed E-state index contributed by atoms with van der Waals surface area (Å²) in [5, 5.41) is 2.99. The predicted molar refractivity (Wildman–Crippen MR) is 118 cm³/mol. The fourth-order valence-corrected chi connectivity index (χ4v) is 3.36. The molecule has 1 amide bonds. The predicted octanol–water partition coefficient (Wildman–Crippen LogP) is 4.72. The number of carbonyl (C=O) groups excluding carboxylic acids is 1. The van der Waals surface area contributed by atoms with E-state index >= 15 is 0 Å². The number of hydrogen-bond donors (Lipinski definition) is 1. The minimum atomic E-state index is -0.0581. The molecule has 0 saturated heterocycles. The smallest absolute Gasteiger partial charge is 0.251 e. The first kappa shape index (κ1) is 18.7. The van der Waals surface area contributed by atoms with Gasteiger partial charge in [-0.2, -0.15) is 0 Å². The van der Waals surface area contributed by atoms with Gasteiger partial charge in [0.2, 0.25) is 0 Å². The van der Waals surface area contributed by atoms with Gasteiger partial charge < -0.3 is 9.88 Å². The van der Waals surface area contributed by atoms with E-state index < -0.39 is 0 Å². The normalized spacial score (nSPS) is 11.2. The number of para-hydroxylation sites is 2. The van der Waals surface area contributed by atoms with Crippen LogP contribution in [-0.2, 0) is 13.0 Å². The van der Waals surface area contributed by atoms with Crippen molar-refractivity contribution in [3.05, 3.63) is 108 Å². The summed E-state index contributed by atoms with van der Waals surface area (Å²) in [5.41, 5.74) is 3.93. The van der Waals surface area contributed by atoms with Crippen LogP contribution < -0.4 is 5.32 Å². The summed E-state index contributed by atoms with van der Waals surface area (Å²) >= 11 is 0. The number of nitrogens with one attached hydrogen (secondary N) is 1. The molecule has 0 aliphatic carbocycles. The number of benzene rings is 3. The van der Waals surface area contributed by atoms with Crippen LogP contribution in [0.2, 0.25) is 0 Å². The van der Waals surface area contributed by atoms with Crippen LogP contribution in [0.25, 0.3) is 17.1 Å². The van der Waals surface area contributed by atoms with Gasteiger partial charge >= 0.3 is 0 Å². The lowest BCUT2D eigenvalue weighted by molar-refractivity contribution is 0.0954. The molecular formula is C25H23N3O. The van der Waals surface area contributed by atoms with Gasteiger partial charge in [-0.1, -0.05) is 72.8 Å². The Balaban J connectivity index is 1.47. The van der Waals surface area contributed by atoms with Gasteiger partial charge in [-0.15, -0.1) is 0 Å². The lowest BCUT2D eigenvalue weighted by Crippen LogP contribution is -2.26. The van der Waals surface area contributed by atoms with Crippen molar-refractivity contribution in [2.75, 3.05) is 6.54 Å². The van der Waals surface area contributed by atoms with Crippen molar-refractivity contribution in [2.45, 2.75) is 13.0 Å². The van der Waals surface area contributed by atoms with Gasteiger partial charge in [0.05, 0.1) is 11.0 Å². The molecule has 3 aromatic carbocycles. The summed E-state index contributed by atoms with van der Waals surface area (Å²) < 4.78 is 2.21. The summed E-state index contributed by atoms with van der Waals surface area (Å²) in [6, 6.07) is 27.7. The Morgan fingerprint density at radius 1 is 0.897 bits per heavy atom. The van der Waals surface area contributed by atoms with Crippen LogP contribution >= 0.6 is 0 Å². The van der Waals surface area contributed by atoms with Gasteiger partial charge in [0.15, 0.2) is 0 Å². The molecule has 0 radical (unpaired) electrons. The van der Waals surface area contributed by atoms with E-state index in [0.717, 1.165) is 23.4 Å². The molecule has 1 aromatic heterocycles. The molecule has 4 rings (SSSR count). The van der Waals surface area contributed by atoms with E-state index in [-0.39, 0.29) is 5.91 Å². The monoisotopic (exact) mass is 381 g/mol. The molecule has 4 heteroatoms. The second-order valence-corrected chi connectivity index (χ2v) is 6.81. The number of rotatable bonds is 7. The molecule has 0 fully saturated rings. The maximum absolute atomic E-state index is 12.3. The zero-order valence-corrected chi connectivity index (χ0v) is 16.2. The second kappa shape index (κ2) is 9.02. The molecule has 0 atom stereocenters. The molecule has 4 nitrogen and oxygen atoms in total. The topological polar surface area (TPSA) is 46.9 Å². The first-order chi connectivity index (χ1) is 14.3. The number of fused-ring (bicyclic) bond motifs is 1. The number of imidazole rings is 1. The van der Waals surface area contributed by atoms with E-state index in [4.69, 9.17) is 4.98 Å². The number of carbonyl (C=O) groups is 1. The number of hydrogen-bond acceptors (Lipinski definition) is 2. The van der Waals surface area contributed by atoms with Crippen molar-refractivity contribution < 1.29 is 4.79 Å². The van der Waals surface area contributed by atoms with E-state index in [1.54, 1.807) is 0 Å². The molecule has 0 spiro atoms. The number of amides is 1. The maximum atomic E-state index is 12.3. The third-order valence-corrected chi connectivity index (χ3v) is 4.80. The average molecular weight is 381 g/mol. The Labute approximate surface area is 170 Å². The molecule has 144 valence electrons. The summed E-state index contributed by atoms with van der Waals surface area (Å²) in [7, 11) is 0. The highest BCUT2D eigenvalue weighted by atomic mass is 16.1. The van der Waals surface area contributed by atoms with E-state index in [9.17, 15) is 4.79 Å². The number of allylic oxidation sites excluding steroid dienone is 1. The summed E-state index contributed by atoms with van der Waals surface area (Å²) in [4.78, 5) is 17.1. The molecule has 0 aliphatic rings. The molecule has 0 saturated carbocycles. The Bertz CT molecular complexity index is 1110. The van der Waals surface area contributed by atoms with Gasteiger partial charge in [0.25, 0.3) is 5.91 Å². The van der Waals surface area contributed by atoms with Crippen LogP contribution in [0.4, 0.5) is 0 Å². The third kappa shape index (κ3) is 4.61. The Morgan fingerprint density at radius 3 is 2.38 bits per heavy atom. The van der Waals surface area contributed by atoms with Gasteiger partial charge in [0.1, 0.15) is 5.82 Å². The van der Waals surface area contributed by atoms with Crippen molar-refractivity contribution in [1.82, 2.24) is 14.9 Å². The van der Waals surface area contributed by atoms with Crippen molar-refractivity contribution in [3.63, 3.8) is 0 Å². The van der Waals surface area contributed by atoms with Gasteiger partial charge in [-0.3, -0.25) is 4.79 Å². The Kier molecular flexibility index (Phi) is 5.81. The van der Waals surface area contributed by atoms with Crippen LogP contribution in [0.15, 0.2) is 91.0 Å². The van der Waals surface area contributed by atoms with Crippen LogP contribution in [-0.4, -0.2) is 22.0 Å². The molecule has 1 heterocycles. The third-order valence-electron chi connectivity index (χ3n) is 4.80. The highest BCUT2D eigenvalue weighted by Crippen LogP contribution is 2.17.